The summed E-state index contributed by atoms with van der Waals surface area (Å²) in [4.78, 5) is 17.1. The number of rotatable bonds is 3. The molecule has 0 atom stereocenters. The molecule has 0 unspecified atom stereocenters. The molecule has 7 heteroatoms. The van der Waals surface area contributed by atoms with Crippen molar-refractivity contribution in [2.45, 2.75) is 34.2 Å². The first kappa shape index (κ1) is 16.2. The molecule has 24 heavy (non-hydrogen) atoms. The fourth-order valence-corrected chi connectivity index (χ4v) is 3.12. The highest BCUT2D eigenvalue weighted by Crippen LogP contribution is 2.30. The van der Waals surface area contributed by atoms with Gasteiger partial charge in [0, 0.05) is 24.8 Å². The molecule has 3 aromatic heterocycles. The Morgan fingerprint density at radius 1 is 1.21 bits per heavy atom. The number of esters is 1. The summed E-state index contributed by atoms with van der Waals surface area (Å²) in [6, 6.07) is 1.78. The Morgan fingerprint density at radius 2 is 1.92 bits per heavy atom. The maximum atomic E-state index is 12.3. The maximum absolute atomic E-state index is 12.3. The van der Waals surface area contributed by atoms with Crippen LogP contribution in [-0.4, -0.2) is 37.6 Å². The largest absolute Gasteiger partial charge is 0.465 e. The number of fused-ring (bicyclic) bond motifs is 1. The molecule has 0 aliphatic heterocycles. The fraction of sp³-hybridized carbons (Fsp3) is 0.412. The van der Waals surface area contributed by atoms with E-state index in [-0.39, 0.29) is 5.97 Å². The van der Waals surface area contributed by atoms with Gasteiger partial charge in [-0.3, -0.25) is 4.68 Å². The monoisotopic (exact) mass is 327 g/mol. The van der Waals surface area contributed by atoms with E-state index in [0.717, 1.165) is 28.0 Å². The van der Waals surface area contributed by atoms with Crippen molar-refractivity contribution in [3.63, 3.8) is 0 Å². The summed E-state index contributed by atoms with van der Waals surface area (Å²) < 4.78 is 8.60. The lowest BCUT2D eigenvalue weighted by Gasteiger charge is -2.08. The van der Waals surface area contributed by atoms with Gasteiger partial charge in [-0.1, -0.05) is 0 Å². The van der Waals surface area contributed by atoms with E-state index in [0.29, 0.717) is 23.4 Å². The van der Waals surface area contributed by atoms with E-state index in [9.17, 15) is 4.79 Å². The van der Waals surface area contributed by atoms with Gasteiger partial charge in [0.15, 0.2) is 5.65 Å². The van der Waals surface area contributed by atoms with E-state index < -0.39 is 0 Å². The summed E-state index contributed by atoms with van der Waals surface area (Å²) in [7, 11) is 3.28. The molecule has 126 valence electrons. The van der Waals surface area contributed by atoms with E-state index in [1.165, 1.54) is 7.11 Å². The van der Waals surface area contributed by atoms with Crippen LogP contribution in [0.3, 0.4) is 0 Å². The Morgan fingerprint density at radius 3 is 2.46 bits per heavy atom. The average Bonchev–Trinajstić information content (AvgIpc) is 3.02. The van der Waals surface area contributed by atoms with Gasteiger partial charge in [-0.05, 0) is 33.8 Å². The van der Waals surface area contributed by atoms with Gasteiger partial charge in [0.25, 0.3) is 0 Å². The van der Waals surface area contributed by atoms with Crippen LogP contribution in [0.2, 0.25) is 0 Å². The molecule has 3 heterocycles. The third-order valence-corrected chi connectivity index (χ3v) is 4.35. The Kier molecular flexibility index (Phi) is 3.87. The number of ether oxygens (including phenoxy) is 1. The highest BCUT2D eigenvalue weighted by Gasteiger charge is 2.22. The first-order chi connectivity index (χ1) is 11.4. The molecule has 0 bridgehead atoms. The lowest BCUT2D eigenvalue weighted by Crippen LogP contribution is -2.05. The Bertz CT molecular complexity index is 952. The molecule has 0 aromatic carbocycles. The zero-order chi connectivity index (χ0) is 17.6. The summed E-state index contributed by atoms with van der Waals surface area (Å²) in [5.74, 6) is -0.387. The third kappa shape index (κ3) is 2.28. The molecule has 3 aromatic rings. The first-order valence-electron chi connectivity index (χ1n) is 7.86. The molecule has 0 fully saturated rings. The van der Waals surface area contributed by atoms with Gasteiger partial charge < -0.3 is 4.74 Å². The molecule has 0 saturated carbocycles. The molecular weight excluding hydrogens is 306 g/mol. The molecule has 3 rings (SSSR count). The summed E-state index contributed by atoms with van der Waals surface area (Å²) in [5.41, 5.74) is 5.46. The van der Waals surface area contributed by atoms with Crippen LogP contribution < -0.4 is 0 Å². The quantitative estimate of drug-likeness (QED) is 0.691. The van der Waals surface area contributed by atoms with Crippen LogP contribution >= 0.6 is 0 Å². The highest BCUT2D eigenvalue weighted by molar-refractivity contribution is 6.05. The molecular formula is C17H21N5O2. The number of aryl methyl sites for hydroxylation is 4. The Labute approximate surface area is 140 Å². The SMILES string of the molecule is CCn1nc(C)c2c(C(=O)OC)cc(-c3c(C)nn(C)c3C)nc21. The topological polar surface area (TPSA) is 74.8 Å². The fourth-order valence-electron chi connectivity index (χ4n) is 3.12. The summed E-state index contributed by atoms with van der Waals surface area (Å²) in [6.07, 6.45) is 0. The number of aromatic nitrogens is 5. The standard InChI is InChI=1S/C17H21N5O2/c1-7-22-16-15(10(3)20-22)12(17(23)24-6)8-13(18-16)14-9(2)19-21(5)11(14)4/h8H,7H2,1-6H3. The van der Waals surface area contributed by atoms with Crippen molar-refractivity contribution in [3.05, 3.63) is 28.7 Å². The molecule has 0 spiro atoms. The minimum absolute atomic E-state index is 0.387. The van der Waals surface area contributed by atoms with Gasteiger partial charge in [-0.15, -0.1) is 0 Å². The van der Waals surface area contributed by atoms with Gasteiger partial charge in [-0.25, -0.2) is 14.5 Å². The second kappa shape index (κ2) is 5.74. The van der Waals surface area contributed by atoms with Gasteiger partial charge in [-0.2, -0.15) is 10.2 Å². The van der Waals surface area contributed by atoms with E-state index >= 15 is 0 Å². The van der Waals surface area contributed by atoms with Gasteiger partial charge in [0.2, 0.25) is 0 Å². The zero-order valence-electron chi connectivity index (χ0n) is 14.8. The van der Waals surface area contributed by atoms with E-state index in [1.807, 2.05) is 44.1 Å². The summed E-state index contributed by atoms with van der Waals surface area (Å²) in [5, 5.41) is 9.69. The van der Waals surface area contributed by atoms with Crippen LogP contribution in [0.25, 0.3) is 22.3 Å². The summed E-state index contributed by atoms with van der Waals surface area (Å²) >= 11 is 0. The van der Waals surface area contributed by atoms with Crippen LogP contribution in [0.5, 0.6) is 0 Å². The number of pyridine rings is 1. The molecule has 0 saturated heterocycles. The van der Waals surface area contributed by atoms with Crippen molar-refractivity contribution >= 4 is 17.0 Å². The predicted molar refractivity (Wildman–Crippen MR) is 91.0 cm³/mol. The van der Waals surface area contributed by atoms with E-state index in [2.05, 4.69) is 10.2 Å². The van der Waals surface area contributed by atoms with E-state index in [4.69, 9.17) is 9.72 Å². The number of hydrogen-bond donors (Lipinski definition) is 0. The Hall–Kier alpha value is -2.70. The first-order valence-corrected chi connectivity index (χ1v) is 7.86. The second-order valence-corrected chi connectivity index (χ2v) is 5.82. The number of carbonyl (C=O) groups is 1. The van der Waals surface area contributed by atoms with Crippen LogP contribution in [0.15, 0.2) is 6.07 Å². The number of methoxy groups -OCH3 is 1. The zero-order valence-corrected chi connectivity index (χ0v) is 14.8. The minimum atomic E-state index is -0.387. The summed E-state index contributed by atoms with van der Waals surface area (Å²) in [6.45, 7) is 8.48. The van der Waals surface area contributed by atoms with Crippen LogP contribution in [0, 0.1) is 20.8 Å². The molecule has 0 aliphatic carbocycles. The van der Waals surface area contributed by atoms with Gasteiger partial charge in [0.1, 0.15) is 0 Å². The van der Waals surface area contributed by atoms with Crippen LogP contribution in [0.4, 0.5) is 0 Å². The molecule has 7 nitrogen and oxygen atoms in total. The molecule has 0 N–H and O–H groups in total. The van der Waals surface area contributed by atoms with Crippen molar-refractivity contribution < 1.29 is 9.53 Å². The lowest BCUT2D eigenvalue weighted by atomic mass is 10.0. The maximum Gasteiger partial charge on any atom is 0.338 e. The number of carbonyl (C=O) groups excluding carboxylic acids is 1. The van der Waals surface area contributed by atoms with Crippen molar-refractivity contribution in [2.75, 3.05) is 7.11 Å². The lowest BCUT2D eigenvalue weighted by molar-refractivity contribution is 0.0603. The number of hydrogen-bond acceptors (Lipinski definition) is 5. The second-order valence-electron chi connectivity index (χ2n) is 5.82. The smallest absolute Gasteiger partial charge is 0.338 e. The molecule has 0 aliphatic rings. The van der Waals surface area contributed by atoms with Crippen molar-refractivity contribution in [1.29, 1.82) is 0 Å². The molecule has 0 amide bonds. The predicted octanol–water partition coefficient (Wildman–Crippen LogP) is 2.56. The van der Waals surface area contributed by atoms with E-state index in [1.54, 1.807) is 6.07 Å². The van der Waals surface area contributed by atoms with Gasteiger partial charge >= 0.3 is 5.97 Å². The average molecular weight is 327 g/mol. The Balaban J connectivity index is 2.40. The van der Waals surface area contributed by atoms with Crippen LogP contribution in [0.1, 0.15) is 34.4 Å². The highest BCUT2D eigenvalue weighted by atomic mass is 16.5. The van der Waals surface area contributed by atoms with Crippen molar-refractivity contribution in [1.82, 2.24) is 24.5 Å². The minimum Gasteiger partial charge on any atom is -0.465 e. The number of nitrogens with zero attached hydrogens (tertiary/aromatic N) is 5. The van der Waals surface area contributed by atoms with Gasteiger partial charge in [0.05, 0.1) is 35.1 Å². The van der Waals surface area contributed by atoms with Crippen LogP contribution in [-0.2, 0) is 18.3 Å². The van der Waals surface area contributed by atoms with Crippen molar-refractivity contribution in [2.24, 2.45) is 7.05 Å². The molecule has 0 radical (unpaired) electrons. The normalized spacial score (nSPS) is 11.2. The van der Waals surface area contributed by atoms with Crippen molar-refractivity contribution in [3.8, 4) is 11.3 Å². The third-order valence-electron chi connectivity index (χ3n) is 4.35.